The van der Waals surface area contributed by atoms with Gasteiger partial charge in [0.05, 0.1) is 18.1 Å². The Bertz CT molecular complexity index is 1030. The van der Waals surface area contributed by atoms with Crippen molar-refractivity contribution in [3.05, 3.63) is 89.0 Å². The maximum absolute atomic E-state index is 13.5. The first-order chi connectivity index (χ1) is 15.0. The van der Waals surface area contributed by atoms with Crippen LogP contribution >= 0.6 is 0 Å². The zero-order chi connectivity index (χ0) is 22.0. The molecule has 0 fully saturated rings. The van der Waals surface area contributed by atoms with E-state index in [1.807, 2.05) is 63.5 Å². The summed E-state index contributed by atoms with van der Waals surface area (Å²) in [5.74, 6) is -0.741. The van der Waals surface area contributed by atoms with Crippen molar-refractivity contribution in [1.82, 2.24) is 5.32 Å². The van der Waals surface area contributed by atoms with Crippen LogP contribution in [0.15, 0.2) is 77.9 Å². The second-order valence-corrected chi connectivity index (χ2v) is 8.75. The summed E-state index contributed by atoms with van der Waals surface area (Å²) in [6, 6.07) is 14.0. The molecule has 3 unspecified atom stereocenters. The van der Waals surface area contributed by atoms with Gasteiger partial charge in [-0.1, -0.05) is 50.3 Å². The number of benzene rings is 1. The molecule has 160 valence electrons. The highest BCUT2D eigenvalue weighted by Gasteiger charge is 2.45. The molecule has 1 aliphatic carbocycles. The van der Waals surface area contributed by atoms with E-state index in [9.17, 15) is 9.59 Å². The molecule has 2 N–H and O–H groups in total. The van der Waals surface area contributed by atoms with Crippen LogP contribution in [0.25, 0.3) is 0 Å². The van der Waals surface area contributed by atoms with Crippen molar-refractivity contribution >= 4 is 11.8 Å². The fourth-order valence-electron chi connectivity index (χ4n) is 4.55. The van der Waals surface area contributed by atoms with E-state index in [-0.39, 0.29) is 29.5 Å². The van der Waals surface area contributed by atoms with Crippen LogP contribution in [0.3, 0.4) is 0 Å². The van der Waals surface area contributed by atoms with Gasteiger partial charge in [-0.2, -0.15) is 0 Å². The summed E-state index contributed by atoms with van der Waals surface area (Å²) < 4.78 is 5.60. The second kappa shape index (κ2) is 8.88. The zero-order valence-electron chi connectivity index (χ0n) is 18.2. The molecule has 1 aliphatic heterocycles. The van der Waals surface area contributed by atoms with Gasteiger partial charge in [0.25, 0.3) is 0 Å². The lowest BCUT2D eigenvalue weighted by molar-refractivity contribution is -0.378. The SMILES string of the molecule is CC1=C(C(=O)OCC(C)C)C(c2cc[nH+]cc2)C2C(=O)CC(c3ccccc3)C=C2N1. The zero-order valence-corrected chi connectivity index (χ0v) is 18.2. The van der Waals surface area contributed by atoms with Gasteiger partial charge < -0.3 is 10.1 Å². The standard InChI is InChI=1S/C26H28N2O3/c1-16(2)15-31-26(30)23-17(3)28-21-13-20(18-7-5-4-6-8-18)14-22(29)25(21)24(23)19-9-11-27-12-10-19/h4-13,16,20,24-25,28H,14-15H2,1-3H3/p+1. The van der Waals surface area contributed by atoms with Crippen molar-refractivity contribution in [3.8, 4) is 0 Å². The molecule has 4 rings (SSSR count). The first-order valence-electron chi connectivity index (χ1n) is 10.9. The molecule has 0 radical (unpaired) electrons. The summed E-state index contributed by atoms with van der Waals surface area (Å²) in [5.41, 5.74) is 4.22. The smallest absolute Gasteiger partial charge is 0.336 e. The predicted molar refractivity (Wildman–Crippen MR) is 118 cm³/mol. The van der Waals surface area contributed by atoms with E-state index in [2.05, 4.69) is 28.5 Å². The molecule has 3 atom stereocenters. The normalized spacial score (nSPS) is 23.2. The number of hydrogen-bond donors (Lipinski definition) is 1. The number of esters is 1. The number of nitrogens with one attached hydrogen (secondary N) is 2. The topological polar surface area (TPSA) is 69.5 Å². The molecule has 2 heterocycles. The third-order valence-electron chi connectivity index (χ3n) is 5.96. The quantitative estimate of drug-likeness (QED) is 0.749. The first kappa shape index (κ1) is 21.0. The summed E-state index contributed by atoms with van der Waals surface area (Å²) in [6.07, 6.45) is 6.23. The van der Waals surface area contributed by atoms with E-state index in [1.54, 1.807) is 0 Å². The Morgan fingerprint density at radius 2 is 1.81 bits per heavy atom. The number of pyridine rings is 1. The number of carbonyl (C=O) groups is 2. The average molecular weight is 418 g/mol. The number of ketones is 1. The maximum atomic E-state index is 13.5. The van der Waals surface area contributed by atoms with Crippen LogP contribution in [0.5, 0.6) is 0 Å². The Morgan fingerprint density at radius 1 is 1.10 bits per heavy atom. The lowest BCUT2D eigenvalue weighted by Crippen LogP contribution is -2.42. The van der Waals surface area contributed by atoms with Gasteiger partial charge in [0.15, 0.2) is 12.4 Å². The Hall–Kier alpha value is -3.21. The van der Waals surface area contributed by atoms with Gasteiger partial charge in [-0.15, -0.1) is 0 Å². The second-order valence-electron chi connectivity index (χ2n) is 8.75. The summed E-state index contributed by atoms with van der Waals surface area (Å²) in [5, 5.41) is 3.38. The summed E-state index contributed by atoms with van der Waals surface area (Å²) in [6.45, 7) is 6.25. The fraction of sp³-hybridized carbons (Fsp3) is 0.346. The fourth-order valence-corrected chi connectivity index (χ4v) is 4.55. The van der Waals surface area contributed by atoms with Gasteiger partial charge in [0, 0.05) is 41.8 Å². The maximum Gasteiger partial charge on any atom is 0.336 e. The van der Waals surface area contributed by atoms with E-state index in [0.717, 1.165) is 22.5 Å². The Labute approximate surface area is 183 Å². The van der Waals surface area contributed by atoms with Crippen molar-refractivity contribution in [1.29, 1.82) is 0 Å². The number of aromatic nitrogens is 1. The number of carbonyl (C=O) groups excluding carboxylic acids is 2. The minimum atomic E-state index is -0.423. The number of fused-ring (bicyclic) bond motifs is 1. The molecular formula is C26H29N2O3+. The number of H-pyrrole nitrogens is 1. The molecule has 0 saturated carbocycles. The molecule has 0 amide bonds. The van der Waals surface area contributed by atoms with Crippen LogP contribution in [-0.2, 0) is 14.3 Å². The van der Waals surface area contributed by atoms with Gasteiger partial charge in [0.2, 0.25) is 0 Å². The molecule has 2 aromatic rings. The first-order valence-corrected chi connectivity index (χ1v) is 10.9. The molecule has 2 aliphatic rings. The number of allylic oxidation sites excluding steroid dienone is 3. The number of aromatic amines is 1. The molecule has 31 heavy (non-hydrogen) atoms. The highest BCUT2D eigenvalue weighted by atomic mass is 16.5. The van der Waals surface area contributed by atoms with Crippen molar-refractivity contribution in [2.24, 2.45) is 11.8 Å². The molecule has 0 bridgehead atoms. The van der Waals surface area contributed by atoms with Crippen molar-refractivity contribution in [2.75, 3.05) is 6.61 Å². The highest BCUT2D eigenvalue weighted by molar-refractivity contribution is 5.96. The molecule has 5 nitrogen and oxygen atoms in total. The van der Waals surface area contributed by atoms with Crippen molar-refractivity contribution in [3.63, 3.8) is 0 Å². The minimum absolute atomic E-state index is 0.0273. The van der Waals surface area contributed by atoms with Crippen molar-refractivity contribution in [2.45, 2.75) is 39.0 Å². The summed E-state index contributed by atoms with van der Waals surface area (Å²) in [7, 11) is 0. The van der Waals surface area contributed by atoms with E-state index < -0.39 is 5.92 Å². The van der Waals surface area contributed by atoms with E-state index in [1.165, 1.54) is 0 Å². The van der Waals surface area contributed by atoms with Gasteiger partial charge in [-0.3, -0.25) is 4.79 Å². The monoisotopic (exact) mass is 417 g/mol. The van der Waals surface area contributed by atoms with E-state index in [0.29, 0.717) is 18.6 Å². The third kappa shape index (κ3) is 4.31. The number of rotatable bonds is 5. The van der Waals surface area contributed by atoms with Gasteiger partial charge in [-0.25, -0.2) is 9.78 Å². The van der Waals surface area contributed by atoms with E-state index >= 15 is 0 Å². The number of hydrogen-bond acceptors (Lipinski definition) is 4. The molecule has 1 aromatic heterocycles. The summed E-state index contributed by atoms with van der Waals surface area (Å²) in [4.78, 5) is 29.6. The van der Waals surface area contributed by atoms with E-state index in [4.69, 9.17) is 4.74 Å². The lowest BCUT2D eigenvalue weighted by atomic mass is 9.69. The number of ether oxygens (including phenoxy) is 1. The summed E-state index contributed by atoms with van der Waals surface area (Å²) >= 11 is 0. The molecule has 5 heteroatoms. The Kier molecular flexibility index (Phi) is 6.03. The molecule has 0 saturated heterocycles. The van der Waals surface area contributed by atoms with Gasteiger partial charge >= 0.3 is 5.97 Å². The lowest BCUT2D eigenvalue weighted by Gasteiger charge is -2.39. The Morgan fingerprint density at radius 3 is 2.48 bits per heavy atom. The van der Waals surface area contributed by atoms with Gasteiger partial charge in [0.1, 0.15) is 5.78 Å². The average Bonchev–Trinajstić information content (AvgIpc) is 2.77. The van der Waals surface area contributed by atoms with Crippen LogP contribution in [-0.4, -0.2) is 18.4 Å². The molecular weight excluding hydrogens is 388 g/mol. The van der Waals surface area contributed by atoms with Crippen molar-refractivity contribution < 1.29 is 19.3 Å². The van der Waals surface area contributed by atoms with Crippen LogP contribution in [0.1, 0.15) is 50.2 Å². The molecule has 0 spiro atoms. The van der Waals surface area contributed by atoms with Gasteiger partial charge in [-0.05, 0) is 24.0 Å². The largest absolute Gasteiger partial charge is 0.462 e. The Balaban J connectivity index is 1.77. The minimum Gasteiger partial charge on any atom is -0.462 e. The highest BCUT2D eigenvalue weighted by Crippen LogP contribution is 2.45. The van der Waals surface area contributed by atoms with Crippen LogP contribution in [0.2, 0.25) is 0 Å². The predicted octanol–water partition coefficient (Wildman–Crippen LogP) is 3.92. The van der Waals surface area contributed by atoms with Crippen LogP contribution in [0, 0.1) is 11.8 Å². The molecule has 1 aromatic carbocycles. The van der Waals surface area contributed by atoms with Crippen LogP contribution in [0.4, 0.5) is 0 Å². The number of Topliss-reactive ketones (excluding diaryl/α,β-unsaturated/α-hetero) is 1. The van der Waals surface area contributed by atoms with Crippen LogP contribution < -0.4 is 10.3 Å². The third-order valence-corrected chi connectivity index (χ3v) is 5.96.